The van der Waals surface area contributed by atoms with Gasteiger partial charge in [-0.05, 0) is 6.07 Å². The Kier molecular flexibility index (Phi) is 3.51. The average molecular weight is 256 g/mol. The SMILES string of the molecule is NS(=O)(=O)OCc1cccnc1C(F)(F)F. The standard InChI is InChI=1S/C7H7F3N2O3S/c8-7(9,10)6-5(2-1-3-12-6)4-15-16(11,13)14/h1-3H,4H2,(H2,11,13,14). The lowest BCUT2D eigenvalue weighted by atomic mass is 10.2. The third-order valence-corrected chi connectivity index (χ3v) is 1.98. The second-order valence-electron chi connectivity index (χ2n) is 2.76. The zero-order valence-corrected chi connectivity index (χ0v) is 8.55. The second kappa shape index (κ2) is 4.36. The Labute approximate surface area is 89.3 Å². The summed E-state index contributed by atoms with van der Waals surface area (Å²) in [4.78, 5) is 3.11. The Morgan fingerprint density at radius 3 is 2.56 bits per heavy atom. The van der Waals surface area contributed by atoms with E-state index < -0.39 is 34.3 Å². The van der Waals surface area contributed by atoms with E-state index >= 15 is 0 Å². The lowest BCUT2D eigenvalue weighted by Crippen LogP contribution is -2.18. The third kappa shape index (κ3) is 3.76. The van der Waals surface area contributed by atoms with E-state index in [0.717, 1.165) is 12.3 Å². The average Bonchev–Trinajstić information content (AvgIpc) is 2.12. The highest BCUT2D eigenvalue weighted by molar-refractivity contribution is 7.84. The smallest absolute Gasteiger partial charge is 0.253 e. The number of pyridine rings is 1. The highest BCUT2D eigenvalue weighted by atomic mass is 32.2. The Hall–Kier alpha value is -1.19. The van der Waals surface area contributed by atoms with Gasteiger partial charge in [0.25, 0.3) is 0 Å². The fourth-order valence-electron chi connectivity index (χ4n) is 0.956. The van der Waals surface area contributed by atoms with Gasteiger partial charge in [0.1, 0.15) is 5.69 Å². The van der Waals surface area contributed by atoms with E-state index in [1.807, 2.05) is 0 Å². The van der Waals surface area contributed by atoms with E-state index in [0.29, 0.717) is 0 Å². The molecule has 0 aliphatic heterocycles. The van der Waals surface area contributed by atoms with Gasteiger partial charge in [0.05, 0.1) is 6.61 Å². The van der Waals surface area contributed by atoms with E-state index in [2.05, 4.69) is 14.3 Å². The predicted octanol–water partition coefficient (Wildman–Crippen LogP) is 0.821. The summed E-state index contributed by atoms with van der Waals surface area (Å²) in [5.74, 6) is 0. The fraction of sp³-hybridized carbons (Fsp3) is 0.286. The van der Waals surface area contributed by atoms with Crippen LogP contribution in [0.15, 0.2) is 18.3 Å². The third-order valence-electron chi connectivity index (χ3n) is 1.54. The van der Waals surface area contributed by atoms with Crippen molar-refractivity contribution >= 4 is 10.3 Å². The molecule has 0 fully saturated rings. The number of hydrogen-bond acceptors (Lipinski definition) is 4. The number of alkyl halides is 3. The lowest BCUT2D eigenvalue weighted by Gasteiger charge is -2.10. The minimum absolute atomic E-state index is 0.399. The van der Waals surface area contributed by atoms with Crippen molar-refractivity contribution in [3.05, 3.63) is 29.6 Å². The van der Waals surface area contributed by atoms with Gasteiger partial charge in [-0.15, -0.1) is 0 Å². The Morgan fingerprint density at radius 1 is 1.44 bits per heavy atom. The summed E-state index contributed by atoms with van der Waals surface area (Å²) in [7, 11) is -4.28. The molecule has 2 N–H and O–H groups in total. The van der Waals surface area contributed by atoms with E-state index in [4.69, 9.17) is 0 Å². The van der Waals surface area contributed by atoms with Crippen LogP contribution in [0.25, 0.3) is 0 Å². The zero-order valence-electron chi connectivity index (χ0n) is 7.73. The van der Waals surface area contributed by atoms with Crippen LogP contribution in [0.2, 0.25) is 0 Å². The Balaban J connectivity index is 2.97. The molecule has 1 aromatic rings. The van der Waals surface area contributed by atoms with E-state index in [9.17, 15) is 21.6 Å². The summed E-state index contributed by atoms with van der Waals surface area (Å²) in [6, 6.07) is 2.29. The summed E-state index contributed by atoms with van der Waals surface area (Å²) < 4.78 is 62.0. The molecule has 0 bridgehead atoms. The van der Waals surface area contributed by atoms with Crippen LogP contribution < -0.4 is 5.14 Å². The molecule has 0 aliphatic carbocycles. The molecule has 1 heterocycles. The van der Waals surface area contributed by atoms with Crippen LogP contribution in [0.4, 0.5) is 13.2 Å². The summed E-state index contributed by atoms with van der Waals surface area (Å²) >= 11 is 0. The highest BCUT2D eigenvalue weighted by Crippen LogP contribution is 2.30. The number of halogens is 3. The molecule has 0 unspecified atom stereocenters. The molecule has 90 valence electrons. The summed E-state index contributed by atoms with van der Waals surface area (Å²) in [6.07, 6.45) is -3.72. The molecule has 1 rings (SSSR count). The van der Waals surface area contributed by atoms with Crippen LogP contribution in [0.5, 0.6) is 0 Å². The van der Waals surface area contributed by atoms with Crippen molar-refractivity contribution in [2.24, 2.45) is 5.14 Å². The first-order valence-corrected chi connectivity index (χ1v) is 5.35. The van der Waals surface area contributed by atoms with Crippen LogP contribution in [0.1, 0.15) is 11.3 Å². The molecule has 0 radical (unpaired) electrons. The minimum atomic E-state index is -4.67. The fourth-order valence-corrected chi connectivity index (χ4v) is 1.25. The zero-order chi connectivity index (χ0) is 12.4. The number of nitrogens with two attached hydrogens (primary N) is 1. The monoisotopic (exact) mass is 256 g/mol. The van der Waals surface area contributed by atoms with Crippen molar-refractivity contribution in [2.45, 2.75) is 12.8 Å². The van der Waals surface area contributed by atoms with Gasteiger partial charge >= 0.3 is 16.5 Å². The van der Waals surface area contributed by atoms with Crippen LogP contribution >= 0.6 is 0 Å². The maximum atomic E-state index is 12.4. The van der Waals surface area contributed by atoms with Crippen molar-refractivity contribution in [1.29, 1.82) is 0 Å². The number of nitrogens with zero attached hydrogens (tertiary/aromatic N) is 1. The first kappa shape index (κ1) is 12.9. The quantitative estimate of drug-likeness (QED) is 0.867. The normalized spacial score (nSPS) is 12.8. The van der Waals surface area contributed by atoms with Gasteiger partial charge < -0.3 is 0 Å². The van der Waals surface area contributed by atoms with Gasteiger partial charge in [0, 0.05) is 11.8 Å². The molecule has 1 aromatic heterocycles. The van der Waals surface area contributed by atoms with Crippen LogP contribution in [0, 0.1) is 0 Å². The molecule has 0 saturated heterocycles. The number of aromatic nitrogens is 1. The first-order chi connectivity index (χ1) is 7.20. The molecule has 5 nitrogen and oxygen atoms in total. The Bertz CT molecular complexity index is 472. The molecule has 0 saturated carbocycles. The predicted molar refractivity (Wildman–Crippen MR) is 47.1 cm³/mol. The number of rotatable bonds is 3. The molecular formula is C7H7F3N2O3S. The Morgan fingerprint density at radius 2 is 2.06 bits per heavy atom. The highest BCUT2D eigenvalue weighted by Gasteiger charge is 2.35. The summed E-state index contributed by atoms with van der Waals surface area (Å²) in [5.41, 5.74) is -1.59. The minimum Gasteiger partial charge on any atom is -0.253 e. The summed E-state index contributed by atoms with van der Waals surface area (Å²) in [6.45, 7) is -0.804. The van der Waals surface area contributed by atoms with Crippen molar-refractivity contribution in [3.63, 3.8) is 0 Å². The maximum absolute atomic E-state index is 12.4. The molecule has 16 heavy (non-hydrogen) atoms. The van der Waals surface area contributed by atoms with Crippen LogP contribution in [0.3, 0.4) is 0 Å². The molecule has 9 heteroatoms. The van der Waals surface area contributed by atoms with Gasteiger partial charge in [-0.1, -0.05) is 6.07 Å². The molecule has 0 spiro atoms. The summed E-state index contributed by atoms with van der Waals surface area (Å²) in [5, 5.41) is 4.49. The van der Waals surface area contributed by atoms with Crippen molar-refractivity contribution in [3.8, 4) is 0 Å². The van der Waals surface area contributed by atoms with E-state index in [1.54, 1.807) is 0 Å². The van der Waals surface area contributed by atoms with Crippen LogP contribution in [-0.4, -0.2) is 13.4 Å². The largest absolute Gasteiger partial charge is 0.433 e. The molecular weight excluding hydrogens is 249 g/mol. The van der Waals surface area contributed by atoms with Gasteiger partial charge in [-0.2, -0.15) is 21.6 Å². The van der Waals surface area contributed by atoms with Crippen molar-refractivity contribution in [1.82, 2.24) is 4.98 Å². The van der Waals surface area contributed by atoms with E-state index in [1.165, 1.54) is 6.07 Å². The maximum Gasteiger partial charge on any atom is 0.433 e. The van der Waals surface area contributed by atoms with Crippen molar-refractivity contribution in [2.75, 3.05) is 0 Å². The first-order valence-electron chi connectivity index (χ1n) is 3.88. The van der Waals surface area contributed by atoms with Gasteiger partial charge in [0.2, 0.25) is 0 Å². The van der Waals surface area contributed by atoms with E-state index in [-0.39, 0.29) is 0 Å². The van der Waals surface area contributed by atoms with Crippen LogP contribution in [-0.2, 0) is 27.3 Å². The number of hydrogen-bond donors (Lipinski definition) is 1. The molecule has 0 aromatic carbocycles. The molecule has 0 aliphatic rings. The molecule has 0 amide bonds. The second-order valence-corrected chi connectivity index (χ2v) is 3.99. The topological polar surface area (TPSA) is 82.3 Å². The lowest BCUT2D eigenvalue weighted by molar-refractivity contribution is -0.142. The van der Waals surface area contributed by atoms with Crippen molar-refractivity contribution < 1.29 is 25.8 Å². The van der Waals surface area contributed by atoms with Gasteiger partial charge in [-0.25, -0.2) is 5.14 Å². The molecule has 0 atom stereocenters. The van der Waals surface area contributed by atoms with Gasteiger partial charge in [0.15, 0.2) is 0 Å². The van der Waals surface area contributed by atoms with Gasteiger partial charge in [-0.3, -0.25) is 9.17 Å².